The molecule has 0 aromatic rings. The average Bonchev–Trinajstić information content (AvgIpc) is 2.10. The largest absolute Gasteiger partial charge is 0.353 e. The Morgan fingerprint density at radius 3 is 2.80 bits per heavy atom. The van der Waals surface area contributed by atoms with Gasteiger partial charge in [-0.25, -0.2) is 0 Å². The molecule has 1 aliphatic rings. The minimum atomic E-state index is 0.0144. The van der Waals surface area contributed by atoms with Crippen LogP contribution in [0.25, 0.3) is 0 Å². The SMILES string of the molecule is CC1C(=O)NCCN1CCNC(C)(C)C. The van der Waals surface area contributed by atoms with Crippen LogP contribution < -0.4 is 10.6 Å². The second-order valence-electron chi connectivity index (χ2n) is 5.18. The molecule has 0 aromatic carbocycles. The Bertz CT molecular complexity index is 222. The topological polar surface area (TPSA) is 44.4 Å². The highest BCUT2D eigenvalue weighted by Crippen LogP contribution is 2.03. The van der Waals surface area contributed by atoms with Crippen LogP contribution in [0.5, 0.6) is 0 Å². The van der Waals surface area contributed by atoms with Crippen molar-refractivity contribution in [2.75, 3.05) is 26.2 Å². The zero-order chi connectivity index (χ0) is 11.5. The summed E-state index contributed by atoms with van der Waals surface area (Å²) in [4.78, 5) is 13.6. The van der Waals surface area contributed by atoms with Gasteiger partial charge < -0.3 is 10.6 Å². The van der Waals surface area contributed by atoms with Crippen molar-refractivity contribution in [1.82, 2.24) is 15.5 Å². The number of amides is 1. The molecule has 1 heterocycles. The molecule has 15 heavy (non-hydrogen) atoms. The van der Waals surface area contributed by atoms with Crippen molar-refractivity contribution in [1.29, 1.82) is 0 Å². The fourth-order valence-electron chi connectivity index (χ4n) is 1.71. The lowest BCUT2D eigenvalue weighted by Crippen LogP contribution is -2.55. The predicted octanol–water partition coefficient (Wildman–Crippen LogP) is 0.195. The van der Waals surface area contributed by atoms with Crippen LogP contribution in [0.1, 0.15) is 27.7 Å². The zero-order valence-electron chi connectivity index (χ0n) is 10.3. The number of hydrogen-bond acceptors (Lipinski definition) is 3. The maximum absolute atomic E-state index is 11.4. The van der Waals surface area contributed by atoms with E-state index in [-0.39, 0.29) is 17.5 Å². The number of carbonyl (C=O) groups excluding carboxylic acids is 1. The normalized spacial score (nSPS) is 24.0. The third-order valence-electron chi connectivity index (χ3n) is 2.68. The molecule has 1 amide bonds. The van der Waals surface area contributed by atoms with E-state index in [0.29, 0.717) is 0 Å². The van der Waals surface area contributed by atoms with Gasteiger partial charge in [-0.3, -0.25) is 9.69 Å². The van der Waals surface area contributed by atoms with E-state index < -0.39 is 0 Å². The summed E-state index contributed by atoms with van der Waals surface area (Å²) in [7, 11) is 0. The van der Waals surface area contributed by atoms with Crippen molar-refractivity contribution in [2.24, 2.45) is 0 Å². The average molecular weight is 213 g/mol. The van der Waals surface area contributed by atoms with Crippen LogP contribution in [0, 0.1) is 0 Å². The first-order valence-corrected chi connectivity index (χ1v) is 5.67. The van der Waals surface area contributed by atoms with Crippen molar-refractivity contribution < 1.29 is 4.79 Å². The van der Waals surface area contributed by atoms with Gasteiger partial charge in [-0.15, -0.1) is 0 Å². The molecule has 0 saturated carbocycles. The van der Waals surface area contributed by atoms with Crippen molar-refractivity contribution in [3.05, 3.63) is 0 Å². The Balaban J connectivity index is 2.29. The number of nitrogens with one attached hydrogen (secondary N) is 2. The van der Waals surface area contributed by atoms with Crippen molar-refractivity contribution in [2.45, 2.75) is 39.3 Å². The van der Waals surface area contributed by atoms with E-state index in [1.54, 1.807) is 0 Å². The highest BCUT2D eigenvalue weighted by molar-refractivity contribution is 5.81. The lowest BCUT2D eigenvalue weighted by molar-refractivity contribution is -0.128. The molecule has 0 radical (unpaired) electrons. The highest BCUT2D eigenvalue weighted by Gasteiger charge is 2.24. The Kier molecular flexibility index (Phi) is 4.11. The Hall–Kier alpha value is -0.610. The molecule has 1 aliphatic heterocycles. The van der Waals surface area contributed by atoms with Gasteiger partial charge in [-0.2, -0.15) is 0 Å². The fraction of sp³-hybridized carbons (Fsp3) is 0.909. The summed E-state index contributed by atoms with van der Waals surface area (Å²) in [6.45, 7) is 12.0. The quantitative estimate of drug-likeness (QED) is 0.703. The van der Waals surface area contributed by atoms with E-state index in [1.165, 1.54) is 0 Å². The summed E-state index contributed by atoms with van der Waals surface area (Å²) in [5.74, 6) is 0.150. The molecule has 4 nitrogen and oxygen atoms in total. The molecule has 1 saturated heterocycles. The van der Waals surface area contributed by atoms with Crippen molar-refractivity contribution >= 4 is 5.91 Å². The van der Waals surface area contributed by atoms with Crippen LogP contribution >= 0.6 is 0 Å². The summed E-state index contributed by atoms with van der Waals surface area (Å²) in [6, 6.07) is 0.0144. The smallest absolute Gasteiger partial charge is 0.237 e. The van der Waals surface area contributed by atoms with Gasteiger partial charge in [0.2, 0.25) is 5.91 Å². The van der Waals surface area contributed by atoms with E-state index in [4.69, 9.17) is 0 Å². The van der Waals surface area contributed by atoms with E-state index in [1.807, 2.05) is 6.92 Å². The predicted molar refractivity (Wildman–Crippen MR) is 61.8 cm³/mol. The number of nitrogens with zero attached hydrogens (tertiary/aromatic N) is 1. The number of hydrogen-bond donors (Lipinski definition) is 2. The lowest BCUT2D eigenvalue weighted by atomic mass is 10.1. The number of rotatable bonds is 3. The van der Waals surface area contributed by atoms with Crippen LogP contribution in [-0.4, -0.2) is 48.6 Å². The minimum absolute atomic E-state index is 0.0144. The molecule has 0 spiro atoms. The van der Waals surface area contributed by atoms with E-state index in [9.17, 15) is 4.79 Å². The van der Waals surface area contributed by atoms with Crippen LogP contribution in [0.3, 0.4) is 0 Å². The second-order valence-corrected chi connectivity index (χ2v) is 5.18. The Morgan fingerprint density at radius 1 is 1.53 bits per heavy atom. The van der Waals surface area contributed by atoms with Crippen molar-refractivity contribution in [3.63, 3.8) is 0 Å². The first kappa shape index (κ1) is 12.5. The van der Waals surface area contributed by atoms with Gasteiger partial charge in [0.25, 0.3) is 0 Å². The number of carbonyl (C=O) groups is 1. The molecule has 1 rings (SSSR count). The van der Waals surface area contributed by atoms with Gasteiger partial charge in [0.15, 0.2) is 0 Å². The van der Waals surface area contributed by atoms with Gasteiger partial charge in [0.1, 0.15) is 0 Å². The van der Waals surface area contributed by atoms with Crippen LogP contribution in [0.4, 0.5) is 0 Å². The van der Waals surface area contributed by atoms with Crippen LogP contribution in [-0.2, 0) is 4.79 Å². The van der Waals surface area contributed by atoms with Crippen molar-refractivity contribution in [3.8, 4) is 0 Å². The van der Waals surface area contributed by atoms with Gasteiger partial charge in [-0.1, -0.05) is 0 Å². The first-order valence-electron chi connectivity index (χ1n) is 5.67. The summed E-state index contributed by atoms with van der Waals surface area (Å²) < 4.78 is 0. The molecule has 2 N–H and O–H groups in total. The van der Waals surface area contributed by atoms with Gasteiger partial charge in [0.05, 0.1) is 6.04 Å². The summed E-state index contributed by atoms with van der Waals surface area (Å²) in [5, 5.41) is 6.30. The van der Waals surface area contributed by atoms with Crippen LogP contribution in [0.15, 0.2) is 0 Å². The van der Waals surface area contributed by atoms with Crippen LogP contribution in [0.2, 0.25) is 0 Å². The first-order chi connectivity index (χ1) is 6.90. The second kappa shape index (κ2) is 4.94. The molecule has 0 aliphatic carbocycles. The number of piperazine rings is 1. The van der Waals surface area contributed by atoms with E-state index in [0.717, 1.165) is 26.2 Å². The summed E-state index contributed by atoms with van der Waals surface area (Å²) in [5.41, 5.74) is 0.154. The van der Waals surface area contributed by atoms with Gasteiger partial charge >= 0.3 is 0 Å². The third kappa shape index (κ3) is 4.18. The zero-order valence-corrected chi connectivity index (χ0v) is 10.3. The highest BCUT2D eigenvalue weighted by atomic mass is 16.2. The molecule has 1 unspecified atom stereocenters. The monoisotopic (exact) mass is 213 g/mol. The molecule has 0 aromatic heterocycles. The molecular weight excluding hydrogens is 190 g/mol. The van der Waals surface area contributed by atoms with Gasteiger partial charge in [-0.05, 0) is 27.7 Å². The minimum Gasteiger partial charge on any atom is -0.353 e. The van der Waals surface area contributed by atoms with Gasteiger partial charge in [0, 0.05) is 31.7 Å². The van der Waals surface area contributed by atoms with E-state index >= 15 is 0 Å². The molecule has 1 atom stereocenters. The molecular formula is C11H23N3O. The summed E-state index contributed by atoms with van der Waals surface area (Å²) in [6.07, 6.45) is 0. The molecule has 4 heteroatoms. The maximum atomic E-state index is 11.4. The standard InChI is InChI=1S/C11H23N3O/c1-9-10(15)12-5-7-14(9)8-6-13-11(2,3)4/h9,13H,5-8H2,1-4H3,(H,12,15). The maximum Gasteiger partial charge on any atom is 0.237 e. The Labute approximate surface area is 92.4 Å². The molecule has 0 bridgehead atoms. The fourth-order valence-corrected chi connectivity index (χ4v) is 1.71. The third-order valence-corrected chi connectivity index (χ3v) is 2.68. The lowest BCUT2D eigenvalue weighted by Gasteiger charge is -2.33. The summed E-state index contributed by atoms with van der Waals surface area (Å²) >= 11 is 0. The Morgan fingerprint density at radius 2 is 2.20 bits per heavy atom. The van der Waals surface area contributed by atoms with E-state index in [2.05, 4.69) is 36.3 Å². The molecule has 1 fully saturated rings. The molecule has 88 valence electrons.